The molecule has 1 amide bonds. The van der Waals surface area contributed by atoms with Crippen LogP contribution in [0.4, 0.5) is 5.69 Å². The zero-order valence-electron chi connectivity index (χ0n) is 10.8. The SMILES string of the molecule is COC(=O)c1ccccc1NC(=O)c1ccc(O)cc1. The molecular weight excluding hydrogens is 258 g/mol. The van der Waals surface area contributed by atoms with Crippen LogP contribution in [0.25, 0.3) is 0 Å². The number of aromatic hydroxyl groups is 1. The van der Waals surface area contributed by atoms with Gasteiger partial charge in [-0.25, -0.2) is 4.79 Å². The summed E-state index contributed by atoms with van der Waals surface area (Å²) in [6.07, 6.45) is 0. The first-order valence-electron chi connectivity index (χ1n) is 5.89. The Morgan fingerprint density at radius 3 is 2.35 bits per heavy atom. The Hall–Kier alpha value is -2.82. The summed E-state index contributed by atoms with van der Waals surface area (Å²) >= 11 is 0. The number of anilines is 1. The van der Waals surface area contributed by atoms with E-state index in [0.29, 0.717) is 11.3 Å². The zero-order chi connectivity index (χ0) is 14.5. The quantitative estimate of drug-likeness (QED) is 0.841. The van der Waals surface area contributed by atoms with Gasteiger partial charge in [0.2, 0.25) is 0 Å². The molecule has 0 atom stereocenters. The van der Waals surface area contributed by atoms with E-state index in [0.717, 1.165) is 0 Å². The molecule has 5 heteroatoms. The van der Waals surface area contributed by atoms with Gasteiger partial charge in [-0.2, -0.15) is 0 Å². The van der Waals surface area contributed by atoms with E-state index in [1.807, 2.05) is 0 Å². The van der Waals surface area contributed by atoms with Crippen LogP contribution in [0.1, 0.15) is 20.7 Å². The number of phenols is 1. The fourth-order valence-corrected chi connectivity index (χ4v) is 1.69. The molecule has 2 rings (SSSR count). The maximum Gasteiger partial charge on any atom is 0.339 e. The van der Waals surface area contributed by atoms with Gasteiger partial charge in [-0.1, -0.05) is 12.1 Å². The summed E-state index contributed by atoms with van der Waals surface area (Å²) in [5.74, 6) is -0.815. The number of rotatable bonds is 3. The van der Waals surface area contributed by atoms with Crippen molar-refractivity contribution < 1.29 is 19.4 Å². The average molecular weight is 271 g/mol. The number of phenolic OH excluding ortho intramolecular Hbond substituents is 1. The van der Waals surface area contributed by atoms with Crippen LogP contribution in [0.5, 0.6) is 5.75 Å². The second-order valence-corrected chi connectivity index (χ2v) is 4.04. The Morgan fingerprint density at radius 1 is 1.05 bits per heavy atom. The van der Waals surface area contributed by atoms with E-state index >= 15 is 0 Å². The summed E-state index contributed by atoms with van der Waals surface area (Å²) in [5.41, 5.74) is 1.03. The first-order chi connectivity index (χ1) is 9.61. The van der Waals surface area contributed by atoms with E-state index in [1.54, 1.807) is 24.3 Å². The fraction of sp³-hybridized carbons (Fsp3) is 0.0667. The van der Waals surface area contributed by atoms with Gasteiger partial charge >= 0.3 is 5.97 Å². The van der Waals surface area contributed by atoms with Gasteiger partial charge in [0.05, 0.1) is 18.4 Å². The van der Waals surface area contributed by atoms with Crippen molar-refractivity contribution >= 4 is 17.6 Å². The number of amides is 1. The number of carbonyl (C=O) groups is 2. The number of hydrogen-bond donors (Lipinski definition) is 2. The molecule has 0 radical (unpaired) electrons. The highest BCUT2D eigenvalue weighted by Gasteiger charge is 2.14. The van der Waals surface area contributed by atoms with Crippen LogP contribution >= 0.6 is 0 Å². The van der Waals surface area contributed by atoms with E-state index in [-0.39, 0.29) is 17.2 Å². The topological polar surface area (TPSA) is 75.6 Å². The lowest BCUT2D eigenvalue weighted by atomic mass is 10.1. The number of carbonyl (C=O) groups excluding carboxylic acids is 2. The Morgan fingerprint density at radius 2 is 1.70 bits per heavy atom. The molecule has 5 nitrogen and oxygen atoms in total. The molecule has 0 aromatic heterocycles. The maximum atomic E-state index is 12.0. The lowest BCUT2D eigenvalue weighted by Crippen LogP contribution is -2.15. The van der Waals surface area contributed by atoms with Crippen molar-refractivity contribution in [2.45, 2.75) is 0 Å². The van der Waals surface area contributed by atoms with Gasteiger partial charge in [-0.05, 0) is 36.4 Å². The summed E-state index contributed by atoms with van der Waals surface area (Å²) in [7, 11) is 1.28. The van der Waals surface area contributed by atoms with Crippen molar-refractivity contribution in [3.63, 3.8) is 0 Å². The van der Waals surface area contributed by atoms with Gasteiger partial charge in [0, 0.05) is 5.56 Å². The number of hydrogen-bond acceptors (Lipinski definition) is 4. The van der Waals surface area contributed by atoms with Gasteiger partial charge in [-0.3, -0.25) is 4.79 Å². The molecule has 0 saturated heterocycles. The number of para-hydroxylation sites is 1. The number of nitrogens with one attached hydrogen (secondary N) is 1. The molecule has 0 unspecified atom stereocenters. The molecule has 0 aliphatic heterocycles. The monoisotopic (exact) mass is 271 g/mol. The molecule has 0 aliphatic rings. The molecule has 102 valence electrons. The molecule has 2 aromatic rings. The molecule has 2 N–H and O–H groups in total. The normalized spacial score (nSPS) is 9.85. The second kappa shape index (κ2) is 5.88. The fourth-order valence-electron chi connectivity index (χ4n) is 1.69. The minimum atomic E-state index is -0.522. The third kappa shape index (κ3) is 2.95. The molecule has 0 bridgehead atoms. The molecular formula is C15H13NO4. The minimum Gasteiger partial charge on any atom is -0.508 e. The summed E-state index contributed by atoms with van der Waals surface area (Å²) in [6, 6.07) is 12.4. The Labute approximate surface area is 115 Å². The van der Waals surface area contributed by atoms with Gasteiger partial charge in [0.1, 0.15) is 5.75 Å². The van der Waals surface area contributed by atoms with Crippen molar-refractivity contribution in [3.8, 4) is 5.75 Å². The van der Waals surface area contributed by atoms with E-state index in [9.17, 15) is 14.7 Å². The van der Waals surface area contributed by atoms with Crippen molar-refractivity contribution in [2.24, 2.45) is 0 Å². The molecule has 0 heterocycles. The number of esters is 1. The van der Waals surface area contributed by atoms with Crippen LogP contribution in [0.15, 0.2) is 48.5 Å². The first-order valence-corrected chi connectivity index (χ1v) is 5.89. The summed E-state index contributed by atoms with van der Waals surface area (Å²) in [5, 5.41) is 11.8. The zero-order valence-corrected chi connectivity index (χ0v) is 10.8. The van der Waals surface area contributed by atoms with Crippen molar-refractivity contribution in [1.29, 1.82) is 0 Å². The third-order valence-electron chi connectivity index (χ3n) is 2.71. The Bertz CT molecular complexity index is 635. The van der Waals surface area contributed by atoms with Gasteiger partial charge in [-0.15, -0.1) is 0 Å². The Kier molecular flexibility index (Phi) is 4.00. The number of benzene rings is 2. The van der Waals surface area contributed by atoms with Crippen molar-refractivity contribution in [1.82, 2.24) is 0 Å². The highest BCUT2D eigenvalue weighted by Crippen LogP contribution is 2.18. The third-order valence-corrected chi connectivity index (χ3v) is 2.71. The lowest BCUT2D eigenvalue weighted by molar-refractivity contribution is 0.0602. The average Bonchev–Trinajstić information content (AvgIpc) is 2.47. The van der Waals surface area contributed by atoms with Crippen LogP contribution < -0.4 is 5.32 Å². The minimum absolute atomic E-state index is 0.0801. The molecule has 0 aliphatic carbocycles. The van der Waals surface area contributed by atoms with Gasteiger partial charge in [0.25, 0.3) is 5.91 Å². The second-order valence-electron chi connectivity index (χ2n) is 4.04. The molecule has 0 spiro atoms. The predicted octanol–water partition coefficient (Wildman–Crippen LogP) is 2.43. The van der Waals surface area contributed by atoms with E-state index in [1.165, 1.54) is 31.4 Å². The van der Waals surface area contributed by atoms with Crippen molar-refractivity contribution in [2.75, 3.05) is 12.4 Å². The molecule has 0 saturated carbocycles. The summed E-state index contributed by atoms with van der Waals surface area (Å²) in [6.45, 7) is 0. The number of methoxy groups -OCH3 is 1. The molecule has 20 heavy (non-hydrogen) atoms. The lowest BCUT2D eigenvalue weighted by Gasteiger charge is -2.09. The molecule has 0 fully saturated rings. The van der Waals surface area contributed by atoms with E-state index < -0.39 is 5.97 Å². The van der Waals surface area contributed by atoms with Crippen LogP contribution in [-0.4, -0.2) is 24.1 Å². The van der Waals surface area contributed by atoms with Crippen LogP contribution in [0, 0.1) is 0 Å². The largest absolute Gasteiger partial charge is 0.508 e. The van der Waals surface area contributed by atoms with E-state index in [2.05, 4.69) is 10.1 Å². The van der Waals surface area contributed by atoms with Crippen molar-refractivity contribution in [3.05, 3.63) is 59.7 Å². The maximum absolute atomic E-state index is 12.0. The standard InChI is InChI=1S/C15H13NO4/c1-20-15(19)12-4-2-3-5-13(12)16-14(18)10-6-8-11(17)9-7-10/h2-9,17H,1H3,(H,16,18). The van der Waals surface area contributed by atoms with Crippen LogP contribution in [0.2, 0.25) is 0 Å². The predicted molar refractivity (Wildman–Crippen MR) is 73.8 cm³/mol. The first kappa shape index (κ1) is 13.6. The van der Waals surface area contributed by atoms with E-state index in [4.69, 9.17) is 0 Å². The number of ether oxygens (including phenoxy) is 1. The highest BCUT2D eigenvalue weighted by atomic mass is 16.5. The van der Waals surface area contributed by atoms with Crippen LogP contribution in [-0.2, 0) is 4.74 Å². The Balaban J connectivity index is 2.24. The summed E-state index contributed by atoms with van der Waals surface area (Å²) < 4.78 is 4.66. The molecule has 2 aromatic carbocycles. The smallest absolute Gasteiger partial charge is 0.339 e. The van der Waals surface area contributed by atoms with Crippen LogP contribution in [0.3, 0.4) is 0 Å². The van der Waals surface area contributed by atoms with Gasteiger partial charge in [0.15, 0.2) is 0 Å². The highest BCUT2D eigenvalue weighted by molar-refractivity contribution is 6.08. The summed E-state index contributed by atoms with van der Waals surface area (Å²) in [4.78, 5) is 23.6. The van der Waals surface area contributed by atoms with Gasteiger partial charge < -0.3 is 15.2 Å².